The molecule has 0 spiro atoms. The van der Waals surface area contributed by atoms with E-state index in [-0.39, 0.29) is 11.2 Å². The SMILES string of the molecule is Cc1ccccc1Nc1nc(N)nc(Cl)n1. The van der Waals surface area contributed by atoms with E-state index >= 15 is 0 Å². The standard InChI is InChI=1S/C10H10ClN5/c1-6-4-2-3-5-7(6)13-10-15-8(11)14-9(12)16-10/h2-5H,1H3,(H3,12,13,14,15,16). The van der Waals surface area contributed by atoms with E-state index < -0.39 is 0 Å². The van der Waals surface area contributed by atoms with Crippen LogP contribution in [0.5, 0.6) is 0 Å². The quantitative estimate of drug-likeness (QED) is 0.834. The Morgan fingerprint density at radius 3 is 2.62 bits per heavy atom. The lowest BCUT2D eigenvalue weighted by Crippen LogP contribution is -2.03. The van der Waals surface area contributed by atoms with E-state index in [1.165, 1.54) is 0 Å². The van der Waals surface area contributed by atoms with E-state index in [2.05, 4.69) is 20.3 Å². The second kappa shape index (κ2) is 4.32. The van der Waals surface area contributed by atoms with Crippen molar-refractivity contribution in [1.82, 2.24) is 15.0 Å². The molecule has 1 aromatic carbocycles. The smallest absolute Gasteiger partial charge is 0.233 e. The van der Waals surface area contributed by atoms with Crippen molar-refractivity contribution < 1.29 is 0 Å². The Morgan fingerprint density at radius 2 is 1.94 bits per heavy atom. The Kier molecular flexibility index (Phi) is 2.87. The van der Waals surface area contributed by atoms with E-state index in [1.807, 2.05) is 31.2 Å². The Labute approximate surface area is 97.7 Å². The van der Waals surface area contributed by atoms with Crippen molar-refractivity contribution in [3.8, 4) is 0 Å². The zero-order valence-corrected chi connectivity index (χ0v) is 9.36. The molecule has 5 nitrogen and oxygen atoms in total. The first-order chi connectivity index (χ1) is 7.65. The number of hydrogen-bond acceptors (Lipinski definition) is 5. The summed E-state index contributed by atoms with van der Waals surface area (Å²) in [6.07, 6.45) is 0. The van der Waals surface area contributed by atoms with Crippen molar-refractivity contribution >= 4 is 29.2 Å². The Morgan fingerprint density at radius 1 is 1.19 bits per heavy atom. The average Bonchev–Trinajstić information content (AvgIpc) is 2.20. The van der Waals surface area contributed by atoms with Crippen molar-refractivity contribution in [2.45, 2.75) is 6.92 Å². The monoisotopic (exact) mass is 235 g/mol. The van der Waals surface area contributed by atoms with Gasteiger partial charge in [-0.2, -0.15) is 15.0 Å². The van der Waals surface area contributed by atoms with Gasteiger partial charge in [-0.15, -0.1) is 0 Å². The topological polar surface area (TPSA) is 76.7 Å². The van der Waals surface area contributed by atoms with Gasteiger partial charge in [-0.25, -0.2) is 0 Å². The highest BCUT2D eigenvalue weighted by Gasteiger charge is 2.03. The van der Waals surface area contributed by atoms with Crippen LogP contribution in [0.4, 0.5) is 17.6 Å². The number of benzene rings is 1. The van der Waals surface area contributed by atoms with Crippen molar-refractivity contribution in [2.24, 2.45) is 0 Å². The number of aromatic nitrogens is 3. The lowest BCUT2D eigenvalue weighted by molar-refractivity contribution is 1.07. The number of aryl methyl sites for hydroxylation is 1. The molecule has 3 N–H and O–H groups in total. The zero-order valence-electron chi connectivity index (χ0n) is 8.61. The highest BCUT2D eigenvalue weighted by molar-refractivity contribution is 6.28. The minimum absolute atomic E-state index is 0.0728. The lowest BCUT2D eigenvalue weighted by atomic mass is 10.2. The summed E-state index contributed by atoms with van der Waals surface area (Å²) in [5.74, 6) is 0.433. The van der Waals surface area contributed by atoms with Gasteiger partial charge >= 0.3 is 0 Å². The molecule has 0 amide bonds. The van der Waals surface area contributed by atoms with Gasteiger partial charge in [-0.1, -0.05) is 18.2 Å². The summed E-state index contributed by atoms with van der Waals surface area (Å²) in [5, 5.41) is 3.10. The van der Waals surface area contributed by atoms with E-state index in [1.54, 1.807) is 0 Å². The molecule has 0 saturated heterocycles. The lowest BCUT2D eigenvalue weighted by Gasteiger charge is -2.07. The van der Waals surface area contributed by atoms with Gasteiger partial charge in [0.2, 0.25) is 17.2 Å². The molecule has 16 heavy (non-hydrogen) atoms. The van der Waals surface area contributed by atoms with Crippen LogP contribution in [-0.2, 0) is 0 Å². The van der Waals surface area contributed by atoms with Crippen molar-refractivity contribution in [3.05, 3.63) is 35.1 Å². The first-order valence-electron chi connectivity index (χ1n) is 4.65. The van der Waals surface area contributed by atoms with E-state index in [9.17, 15) is 0 Å². The maximum atomic E-state index is 5.67. The summed E-state index contributed by atoms with van der Waals surface area (Å²) in [5.41, 5.74) is 7.45. The summed E-state index contributed by atoms with van der Waals surface area (Å²) in [6.45, 7) is 1.98. The first-order valence-corrected chi connectivity index (χ1v) is 5.02. The van der Waals surface area contributed by atoms with Crippen LogP contribution in [0.1, 0.15) is 5.56 Å². The largest absolute Gasteiger partial charge is 0.368 e. The molecule has 0 unspecified atom stereocenters. The number of nitrogens with one attached hydrogen (secondary N) is 1. The summed E-state index contributed by atoms with van der Waals surface area (Å²) < 4.78 is 0. The molecule has 0 radical (unpaired) electrons. The molecule has 0 saturated carbocycles. The van der Waals surface area contributed by atoms with Gasteiger partial charge in [-0.05, 0) is 30.2 Å². The molecular weight excluding hydrogens is 226 g/mol. The summed E-state index contributed by atoms with van der Waals surface area (Å²) in [7, 11) is 0. The second-order valence-corrected chi connectivity index (χ2v) is 3.56. The fourth-order valence-electron chi connectivity index (χ4n) is 1.25. The number of hydrogen-bond donors (Lipinski definition) is 2. The number of para-hydroxylation sites is 1. The number of nitrogen functional groups attached to an aromatic ring is 1. The Hall–Kier alpha value is -1.88. The number of nitrogens with two attached hydrogens (primary N) is 1. The van der Waals surface area contributed by atoms with Gasteiger partial charge < -0.3 is 11.1 Å². The minimum atomic E-state index is 0.0728. The molecule has 2 aromatic rings. The molecule has 0 atom stereocenters. The van der Waals surface area contributed by atoms with Gasteiger partial charge in [0.05, 0.1) is 0 Å². The van der Waals surface area contributed by atoms with Crippen LogP contribution >= 0.6 is 11.6 Å². The van der Waals surface area contributed by atoms with Gasteiger partial charge in [0.25, 0.3) is 0 Å². The number of anilines is 3. The van der Waals surface area contributed by atoms with E-state index in [4.69, 9.17) is 17.3 Å². The maximum Gasteiger partial charge on any atom is 0.233 e. The fourth-order valence-corrected chi connectivity index (χ4v) is 1.42. The molecule has 0 aliphatic carbocycles. The maximum absolute atomic E-state index is 5.67. The molecule has 0 fully saturated rings. The van der Waals surface area contributed by atoms with Gasteiger partial charge in [-0.3, -0.25) is 0 Å². The fraction of sp³-hybridized carbons (Fsp3) is 0.100. The van der Waals surface area contributed by atoms with Crippen LogP contribution in [0.25, 0.3) is 0 Å². The van der Waals surface area contributed by atoms with Crippen LogP contribution in [0.3, 0.4) is 0 Å². The van der Waals surface area contributed by atoms with Crippen LogP contribution in [-0.4, -0.2) is 15.0 Å². The Bertz CT molecular complexity index is 494. The predicted molar refractivity (Wildman–Crippen MR) is 63.7 cm³/mol. The number of halogens is 1. The molecule has 1 aromatic heterocycles. The van der Waals surface area contributed by atoms with Gasteiger partial charge in [0.15, 0.2) is 0 Å². The van der Waals surface area contributed by atoms with Crippen LogP contribution in [0.15, 0.2) is 24.3 Å². The first kappa shape index (κ1) is 10.6. The Balaban J connectivity index is 2.30. The molecule has 6 heteroatoms. The summed E-state index contributed by atoms with van der Waals surface area (Å²) >= 11 is 5.67. The second-order valence-electron chi connectivity index (χ2n) is 3.23. The molecule has 0 aliphatic heterocycles. The molecular formula is C10H10ClN5. The van der Waals surface area contributed by atoms with Gasteiger partial charge in [0, 0.05) is 5.69 Å². The third-order valence-electron chi connectivity index (χ3n) is 2.02. The molecule has 0 aliphatic rings. The minimum Gasteiger partial charge on any atom is -0.368 e. The average molecular weight is 236 g/mol. The van der Waals surface area contributed by atoms with E-state index in [0.717, 1.165) is 11.3 Å². The number of rotatable bonds is 2. The molecule has 1 heterocycles. The molecule has 0 bridgehead atoms. The highest BCUT2D eigenvalue weighted by atomic mass is 35.5. The molecule has 82 valence electrons. The third kappa shape index (κ3) is 2.38. The van der Waals surface area contributed by atoms with Crippen molar-refractivity contribution in [1.29, 1.82) is 0 Å². The number of nitrogens with zero attached hydrogens (tertiary/aromatic N) is 3. The third-order valence-corrected chi connectivity index (χ3v) is 2.19. The van der Waals surface area contributed by atoms with E-state index in [0.29, 0.717) is 5.95 Å². The summed E-state index contributed by atoms with van der Waals surface area (Å²) in [4.78, 5) is 11.5. The van der Waals surface area contributed by atoms with Crippen molar-refractivity contribution in [3.63, 3.8) is 0 Å². The summed E-state index contributed by atoms with van der Waals surface area (Å²) in [6, 6.07) is 7.77. The predicted octanol–water partition coefficient (Wildman–Crippen LogP) is 2.16. The van der Waals surface area contributed by atoms with Crippen molar-refractivity contribution in [2.75, 3.05) is 11.1 Å². The molecule has 2 rings (SSSR count). The zero-order chi connectivity index (χ0) is 11.5. The van der Waals surface area contributed by atoms with Crippen LogP contribution in [0, 0.1) is 6.92 Å². The van der Waals surface area contributed by atoms with Crippen LogP contribution < -0.4 is 11.1 Å². The van der Waals surface area contributed by atoms with Crippen LogP contribution in [0.2, 0.25) is 5.28 Å². The highest BCUT2D eigenvalue weighted by Crippen LogP contribution is 2.18. The van der Waals surface area contributed by atoms with Gasteiger partial charge in [0.1, 0.15) is 0 Å². The normalized spacial score (nSPS) is 10.1.